The van der Waals surface area contributed by atoms with Crippen molar-refractivity contribution in [3.05, 3.63) is 54.4 Å². The van der Waals surface area contributed by atoms with E-state index >= 15 is 0 Å². The molecule has 118 valence electrons. The number of anilines is 3. The van der Waals surface area contributed by atoms with E-state index < -0.39 is 0 Å². The largest absolute Gasteiger partial charge is 0.435 e. The minimum Gasteiger partial charge on any atom is -0.435 e. The molecule has 4 aromatic rings. The molecule has 0 amide bonds. The maximum Gasteiger partial charge on any atom is 0.227 e. The predicted octanol–water partition coefficient (Wildman–Crippen LogP) is 4.59. The first kappa shape index (κ1) is 13.4. The number of hydrogen-bond donors (Lipinski definition) is 1. The zero-order valence-electron chi connectivity index (χ0n) is 13.4. The summed E-state index contributed by atoms with van der Waals surface area (Å²) >= 11 is 0. The van der Waals surface area contributed by atoms with Gasteiger partial charge in [-0.2, -0.15) is 0 Å². The molecule has 1 unspecified atom stereocenters. The second kappa shape index (κ2) is 4.71. The molecule has 0 radical (unpaired) electrons. The van der Waals surface area contributed by atoms with Crippen LogP contribution in [0.4, 0.5) is 17.2 Å². The lowest BCUT2D eigenvalue weighted by molar-refractivity contribution is 0.651. The highest BCUT2D eigenvalue weighted by Gasteiger charge is 2.31. The van der Waals surface area contributed by atoms with Crippen molar-refractivity contribution in [3.63, 3.8) is 0 Å². The number of benzene rings is 1. The van der Waals surface area contributed by atoms with E-state index in [9.17, 15) is 0 Å². The van der Waals surface area contributed by atoms with Crippen LogP contribution in [0.2, 0.25) is 0 Å². The fraction of sp³-hybridized carbons (Fsp3) is 0.158. The van der Waals surface area contributed by atoms with Crippen LogP contribution >= 0.6 is 0 Å². The lowest BCUT2D eigenvalue weighted by Gasteiger charge is -2.24. The number of fused-ring (bicyclic) bond motifs is 4. The monoisotopic (exact) mass is 316 g/mol. The van der Waals surface area contributed by atoms with E-state index in [1.807, 2.05) is 24.4 Å². The van der Waals surface area contributed by atoms with E-state index in [1.54, 1.807) is 6.20 Å². The van der Waals surface area contributed by atoms with Crippen molar-refractivity contribution < 1.29 is 4.42 Å². The quantitative estimate of drug-likeness (QED) is 0.556. The van der Waals surface area contributed by atoms with Gasteiger partial charge in [-0.25, -0.2) is 9.97 Å². The molecule has 24 heavy (non-hydrogen) atoms. The van der Waals surface area contributed by atoms with E-state index in [0.29, 0.717) is 5.71 Å². The smallest absolute Gasteiger partial charge is 0.227 e. The summed E-state index contributed by atoms with van der Waals surface area (Å²) in [4.78, 5) is 11.1. The Labute approximate surface area is 138 Å². The molecule has 1 N–H and O–H groups in total. The van der Waals surface area contributed by atoms with E-state index in [2.05, 4.69) is 52.2 Å². The number of nitrogens with one attached hydrogen (secondary N) is 1. The van der Waals surface area contributed by atoms with Crippen LogP contribution in [0.3, 0.4) is 0 Å². The molecule has 0 bridgehead atoms. The Balaban J connectivity index is 1.85. The average molecular weight is 316 g/mol. The summed E-state index contributed by atoms with van der Waals surface area (Å²) in [7, 11) is 0. The Bertz CT molecular complexity index is 1090. The topological polar surface area (TPSA) is 54.2 Å². The number of pyridine rings is 2. The van der Waals surface area contributed by atoms with Crippen LogP contribution in [0.5, 0.6) is 0 Å². The molecular formula is C19H16N4O. The Morgan fingerprint density at radius 1 is 1.04 bits per heavy atom. The number of rotatable bonds is 1. The van der Waals surface area contributed by atoms with Gasteiger partial charge in [-0.15, -0.1) is 0 Å². The third-order valence-corrected chi connectivity index (χ3v) is 4.60. The van der Waals surface area contributed by atoms with Gasteiger partial charge in [0, 0.05) is 23.2 Å². The lowest BCUT2D eigenvalue weighted by atomic mass is 10.1. The Kier molecular flexibility index (Phi) is 2.62. The van der Waals surface area contributed by atoms with Gasteiger partial charge in [0.2, 0.25) is 5.71 Å². The van der Waals surface area contributed by atoms with Crippen LogP contribution in [0, 0.1) is 6.92 Å². The number of hydrogen-bond acceptors (Lipinski definition) is 5. The molecule has 3 aromatic heterocycles. The van der Waals surface area contributed by atoms with Gasteiger partial charge in [-0.05, 0) is 43.7 Å². The molecule has 1 aliphatic rings. The highest BCUT2D eigenvalue weighted by Crippen LogP contribution is 2.44. The van der Waals surface area contributed by atoms with Gasteiger partial charge in [0.1, 0.15) is 6.17 Å². The predicted molar refractivity (Wildman–Crippen MR) is 95.7 cm³/mol. The molecule has 1 aromatic carbocycles. The zero-order valence-corrected chi connectivity index (χ0v) is 13.4. The van der Waals surface area contributed by atoms with Crippen LogP contribution in [-0.4, -0.2) is 16.1 Å². The highest BCUT2D eigenvalue weighted by atomic mass is 16.3. The molecule has 0 fully saturated rings. The summed E-state index contributed by atoms with van der Waals surface area (Å²) in [6.07, 6.45) is 3.68. The number of nitrogens with zero attached hydrogens (tertiary/aromatic N) is 3. The molecule has 0 saturated heterocycles. The highest BCUT2D eigenvalue weighted by molar-refractivity contribution is 6.09. The van der Waals surface area contributed by atoms with Crippen molar-refractivity contribution in [1.29, 1.82) is 0 Å². The van der Waals surface area contributed by atoms with Gasteiger partial charge < -0.3 is 14.6 Å². The fourth-order valence-corrected chi connectivity index (χ4v) is 3.53. The summed E-state index contributed by atoms with van der Waals surface area (Å²) in [5.41, 5.74) is 4.75. The molecule has 5 rings (SSSR count). The summed E-state index contributed by atoms with van der Waals surface area (Å²) in [5, 5.41) is 5.59. The first-order valence-corrected chi connectivity index (χ1v) is 8.01. The summed E-state index contributed by atoms with van der Waals surface area (Å²) in [6, 6.07) is 12.2. The normalized spacial score (nSPS) is 16.6. The summed E-state index contributed by atoms with van der Waals surface area (Å²) in [5.74, 6) is 0.925. The van der Waals surface area contributed by atoms with Crippen molar-refractivity contribution in [2.24, 2.45) is 0 Å². The van der Waals surface area contributed by atoms with Crippen molar-refractivity contribution >= 4 is 39.3 Å². The molecule has 1 atom stereocenters. The lowest BCUT2D eigenvalue weighted by Crippen LogP contribution is -2.29. The first-order valence-electron chi connectivity index (χ1n) is 8.01. The third kappa shape index (κ3) is 1.69. The van der Waals surface area contributed by atoms with Gasteiger partial charge in [-0.3, -0.25) is 0 Å². The zero-order chi connectivity index (χ0) is 16.3. The Morgan fingerprint density at radius 3 is 2.79 bits per heavy atom. The number of aromatic nitrogens is 2. The Morgan fingerprint density at radius 2 is 1.88 bits per heavy atom. The van der Waals surface area contributed by atoms with E-state index in [-0.39, 0.29) is 6.17 Å². The maximum atomic E-state index is 6.13. The van der Waals surface area contributed by atoms with E-state index in [4.69, 9.17) is 4.42 Å². The standard InChI is InChI=1S/C19H16N4O/c1-11-7-8-13-14-5-3-10-21-19(14)24-17(13)16(11)23-12(2)22-15-6-4-9-20-18(15)23/h3-10,12,22H,1-2H3. The average Bonchev–Trinajstić information content (AvgIpc) is 3.12. The fourth-order valence-electron chi connectivity index (χ4n) is 3.53. The van der Waals surface area contributed by atoms with Gasteiger partial charge in [0.05, 0.1) is 11.4 Å². The van der Waals surface area contributed by atoms with Crippen molar-refractivity contribution in [3.8, 4) is 0 Å². The molecule has 1 aliphatic heterocycles. The maximum absolute atomic E-state index is 6.13. The van der Waals surface area contributed by atoms with Crippen LogP contribution in [0.25, 0.3) is 22.1 Å². The van der Waals surface area contributed by atoms with Crippen LogP contribution in [0.15, 0.2) is 53.2 Å². The van der Waals surface area contributed by atoms with Gasteiger partial charge in [0.15, 0.2) is 11.4 Å². The molecule has 0 spiro atoms. The van der Waals surface area contributed by atoms with Gasteiger partial charge in [-0.1, -0.05) is 12.1 Å². The van der Waals surface area contributed by atoms with E-state index in [0.717, 1.165) is 39.1 Å². The molecule has 5 nitrogen and oxygen atoms in total. The molecule has 0 aliphatic carbocycles. The van der Waals surface area contributed by atoms with Crippen LogP contribution in [-0.2, 0) is 0 Å². The summed E-state index contributed by atoms with van der Waals surface area (Å²) < 4.78 is 6.13. The summed E-state index contributed by atoms with van der Waals surface area (Å²) in [6.45, 7) is 4.23. The molecular weight excluding hydrogens is 300 g/mol. The Hall–Kier alpha value is -3.08. The van der Waals surface area contributed by atoms with Crippen molar-refractivity contribution in [2.75, 3.05) is 10.2 Å². The first-order chi connectivity index (χ1) is 11.7. The van der Waals surface area contributed by atoms with Crippen molar-refractivity contribution in [1.82, 2.24) is 9.97 Å². The SMILES string of the molecule is Cc1ccc2c(oc3ncccc32)c1N1c2ncccc2NC1C. The third-order valence-electron chi connectivity index (χ3n) is 4.60. The van der Waals surface area contributed by atoms with Crippen LogP contribution in [0.1, 0.15) is 12.5 Å². The second-order valence-corrected chi connectivity index (χ2v) is 6.13. The number of aryl methyl sites for hydroxylation is 1. The van der Waals surface area contributed by atoms with Gasteiger partial charge >= 0.3 is 0 Å². The minimum absolute atomic E-state index is 0.0976. The molecule has 5 heteroatoms. The second-order valence-electron chi connectivity index (χ2n) is 6.13. The molecule has 0 saturated carbocycles. The molecule has 4 heterocycles. The van der Waals surface area contributed by atoms with Crippen LogP contribution < -0.4 is 10.2 Å². The van der Waals surface area contributed by atoms with Gasteiger partial charge in [0.25, 0.3) is 0 Å². The van der Waals surface area contributed by atoms with Crippen molar-refractivity contribution in [2.45, 2.75) is 20.0 Å². The minimum atomic E-state index is 0.0976. The van der Waals surface area contributed by atoms with E-state index in [1.165, 1.54) is 0 Å². The number of furan rings is 1.